The van der Waals surface area contributed by atoms with Gasteiger partial charge in [-0.15, -0.1) is 0 Å². The highest BCUT2D eigenvalue weighted by molar-refractivity contribution is 6.26. The van der Waals surface area contributed by atoms with Gasteiger partial charge in [-0.3, -0.25) is 0 Å². The van der Waals surface area contributed by atoms with Crippen LogP contribution in [-0.2, 0) is 5.41 Å². The minimum Gasteiger partial charge on any atom is -0.0622 e. The molecular weight excluding hydrogens is 757 g/mol. The molecule has 1 aliphatic rings. The predicted molar refractivity (Wildman–Crippen MR) is 267 cm³/mol. The molecule has 13 aromatic carbocycles. The van der Waals surface area contributed by atoms with Gasteiger partial charge in [0.1, 0.15) is 0 Å². The third kappa shape index (κ3) is 4.81. The molecule has 0 spiro atoms. The van der Waals surface area contributed by atoms with Crippen LogP contribution in [0, 0.1) is 0 Å². The Hall–Kier alpha value is -8.06. The van der Waals surface area contributed by atoms with Gasteiger partial charge in [0.05, 0.1) is 31.5 Å². The number of fused-ring (bicyclic) bond motifs is 3. The fourth-order valence-electron chi connectivity index (χ4n) is 10.2. The van der Waals surface area contributed by atoms with Crippen molar-refractivity contribution >= 4 is 64.6 Å². The Morgan fingerprint density at radius 3 is 1.27 bits per heavy atom. The summed E-state index contributed by atoms with van der Waals surface area (Å²) < 4.78 is 183. The van der Waals surface area contributed by atoms with Gasteiger partial charge in [0.15, 0.2) is 0 Å². The van der Waals surface area contributed by atoms with Gasteiger partial charge in [0, 0.05) is 0 Å². The Bertz CT molecular complexity index is 4920. The zero-order valence-corrected chi connectivity index (χ0v) is 33.0. The van der Waals surface area contributed by atoms with Gasteiger partial charge in [0.25, 0.3) is 0 Å². The normalized spacial score (nSPS) is 17.4. The van der Waals surface area contributed by atoms with Crippen LogP contribution >= 0.6 is 0 Å². The van der Waals surface area contributed by atoms with Crippen molar-refractivity contribution in [1.82, 2.24) is 0 Å². The van der Waals surface area contributed by atoms with Crippen LogP contribution in [0.1, 0.15) is 48.3 Å². The number of rotatable bonds is 5. The quantitative estimate of drug-likeness (QED) is 0.152. The molecule has 0 radical (unpaired) electrons. The van der Waals surface area contributed by atoms with Gasteiger partial charge in [-0.1, -0.05) is 218 Å². The maximum absolute atomic E-state index is 10.6. The molecule has 0 fully saturated rings. The van der Waals surface area contributed by atoms with Crippen molar-refractivity contribution in [1.29, 1.82) is 0 Å². The highest BCUT2D eigenvalue weighted by atomic mass is 14.5. The number of hydrogen-bond donors (Lipinski definition) is 0. The molecule has 0 bridgehead atoms. The lowest BCUT2D eigenvalue weighted by Crippen LogP contribution is -2.28. The minimum absolute atomic E-state index is 0.0871. The summed E-state index contributed by atoms with van der Waals surface area (Å²) in [4.78, 5) is 0. The SMILES string of the molecule is [2H]c1cc2c(c([2H])c1-c1c([2H])c([2H])c(-c3ccc4ccc5cccc6ccc3c4c56)c([2H])c1[2H])C(c1c([2H])c([2H])c([2H])c([2H])c1[2H])(c1c([2H])c([2H])c([2H])c([2H])c1[2H])c1c([2H])c(-c3ccc4ccc5cccc6ccc3c4c56)c([2H])c([2H])c1-2. The predicted octanol–water partition coefficient (Wildman–Crippen LogP) is 16.8. The van der Waals surface area contributed by atoms with Crippen molar-refractivity contribution in [3.05, 3.63) is 252 Å². The molecule has 63 heavy (non-hydrogen) atoms. The zero-order valence-electron chi connectivity index (χ0n) is 52.0. The van der Waals surface area contributed by atoms with Gasteiger partial charge in [-0.25, -0.2) is 0 Å². The molecule has 13 aromatic rings. The van der Waals surface area contributed by atoms with E-state index in [2.05, 4.69) is 0 Å². The van der Waals surface area contributed by atoms with Crippen LogP contribution in [0.25, 0.3) is 109 Å². The first-order valence-corrected chi connectivity index (χ1v) is 20.5. The molecule has 0 heterocycles. The maximum atomic E-state index is 10.6. The Morgan fingerprint density at radius 2 is 0.714 bits per heavy atom. The molecular formula is C63H38. The number of benzene rings is 13. The first kappa shape index (κ1) is 21.1. The second-order valence-electron chi connectivity index (χ2n) is 16.0. The largest absolute Gasteiger partial charge is 0.0713 e. The first-order valence-electron chi connectivity index (χ1n) is 30.0. The molecule has 0 nitrogen and oxygen atoms in total. The maximum Gasteiger partial charge on any atom is 0.0713 e. The summed E-state index contributed by atoms with van der Waals surface area (Å²) in [5, 5.41) is 9.97. The molecule has 290 valence electrons. The lowest BCUT2D eigenvalue weighted by Gasteiger charge is -2.34. The van der Waals surface area contributed by atoms with Gasteiger partial charge in [-0.05, 0) is 143 Å². The van der Waals surface area contributed by atoms with E-state index in [0.29, 0.717) is 16.3 Å². The molecule has 0 unspecified atom stereocenters. The van der Waals surface area contributed by atoms with Gasteiger partial charge < -0.3 is 0 Å². The molecule has 0 saturated carbocycles. The summed E-state index contributed by atoms with van der Waals surface area (Å²) >= 11 is 0. The molecule has 1 aliphatic carbocycles. The molecule has 0 aromatic heterocycles. The fraction of sp³-hybridized carbons (Fsp3) is 0.0159. The summed E-state index contributed by atoms with van der Waals surface area (Å²) in [7, 11) is 0. The Kier molecular flexibility index (Phi) is 4.36. The van der Waals surface area contributed by atoms with Crippen LogP contribution in [0.3, 0.4) is 0 Å². The van der Waals surface area contributed by atoms with E-state index in [1.807, 2.05) is 91.0 Å². The van der Waals surface area contributed by atoms with E-state index in [9.17, 15) is 17.8 Å². The topological polar surface area (TPSA) is 0 Å². The highest BCUT2D eigenvalue weighted by Gasteiger charge is 2.46. The van der Waals surface area contributed by atoms with E-state index < -0.39 is 154 Å². The average molecular weight is 814 g/mol. The summed E-state index contributed by atoms with van der Waals surface area (Å²) in [6.45, 7) is 0. The number of hydrogen-bond acceptors (Lipinski definition) is 0. The molecule has 0 heteroatoms. The van der Waals surface area contributed by atoms with E-state index in [0.717, 1.165) is 59.9 Å². The Labute approximate surface area is 392 Å². The Morgan fingerprint density at radius 1 is 0.286 bits per heavy atom. The van der Waals surface area contributed by atoms with Crippen LogP contribution in [0.2, 0.25) is 0 Å². The minimum atomic E-state index is -2.97. The lowest BCUT2D eigenvalue weighted by molar-refractivity contribution is 0.769. The van der Waals surface area contributed by atoms with Crippen LogP contribution < -0.4 is 0 Å². The highest BCUT2D eigenvalue weighted by Crippen LogP contribution is 2.58. The lowest BCUT2D eigenvalue weighted by atomic mass is 9.67. The summed E-state index contributed by atoms with van der Waals surface area (Å²) in [6.07, 6.45) is 0. The summed E-state index contributed by atoms with van der Waals surface area (Å²) in [6, 6.07) is 20.0. The third-order valence-electron chi connectivity index (χ3n) is 12.9. The molecule has 0 saturated heterocycles. The molecule has 0 N–H and O–H groups in total. The summed E-state index contributed by atoms with van der Waals surface area (Å²) in [5.41, 5.74) is -7.07. The zero-order chi connectivity index (χ0) is 57.8. The molecule has 0 atom stereocenters. The first-order chi connectivity index (χ1) is 39.1. The average Bonchev–Trinajstić information content (AvgIpc) is 1.58. The van der Waals surface area contributed by atoms with E-state index in [-0.39, 0.29) is 27.8 Å². The van der Waals surface area contributed by atoms with E-state index in [1.165, 1.54) is 0 Å². The molecule has 0 aliphatic heterocycles. The van der Waals surface area contributed by atoms with Crippen molar-refractivity contribution in [2.45, 2.75) is 5.41 Å². The van der Waals surface area contributed by atoms with Crippen molar-refractivity contribution < 1.29 is 26.0 Å². The second kappa shape index (κ2) is 13.0. The van der Waals surface area contributed by atoms with Crippen LogP contribution in [0.5, 0.6) is 0 Å². The van der Waals surface area contributed by atoms with Gasteiger partial charge in [0.2, 0.25) is 0 Å². The van der Waals surface area contributed by atoms with Crippen LogP contribution in [0.4, 0.5) is 0 Å². The van der Waals surface area contributed by atoms with Gasteiger partial charge >= 0.3 is 0 Å². The van der Waals surface area contributed by atoms with Crippen molar-refractivity contribution in [3.8, 4) is 44.5 Å². The van der Waals surface area contributed by atoms with Crippen LogP contribution in [0.15, 0.2) is 230 Å². The van der Waals surface area contributed by atoms with Crippen molar-refractivity contribution in [3.63, 3.8) is 0 Å². The molecule has 14 rings (SSSR count). The van der Waals surface area contributed by atoms with Gasteiger partial charge in [-0.2, -0.15) is 0 Å². The fourth-order valence-corrected chi connectivity index (χ4v) is 10.2. The van der Waals surface area contributed by atoms with Crippen molar-refractivity contribution in [2.24, 2.45) is 0 Å². The van der Waals surface area contributed by atoms with E-state index in [4.69, 9.17) is 8.22 Å². The van der Waals surface area contributed by atoms with Crippen LogP contribution in [-0.4, -0.2) is 0 Å². The van der Waals surface area contributed by atoms with Crippen molar-refractivity contribution in [2.75, 3.05) is 0 Å². The van der Waals surface area contributed by atoms with E-state index >= 15 is 0 Å². The monoisotopic (exact) mass is 813 g/mol. The summed E-state index contributed by atoms with van der Waals surface area (Å²) in [5.74, 6) is 0. The standard InChI is InChI=1S/C63H38/c1-3-13-49(14-4-1)63(50-15-5-2-6-16-50)57-37-47(39-17-19-40(20-18-39)51-31-25-45-23-21-41-9-7-11-43-27-35-55(51)61(45)59(41)43)29-33-53(57)54-34-30-48(38-58(54)63)52-32-26-46-24-22-42-10-8-12-44-28-36-56(52)62(46)60(42)44/h1-38H/i1D,2D,3D,4D,5D,6D,13D,14D,15D,16D,17D,18D,19D,20D,29D,30D,34D,37D,38D. The Balaban J connectivity index is 1.15. The smallest absolute Gasteiger partial charge is 0.0622 e. The molecule has 0 amide bonds. The third-order valence-corrected chi connectivity index (χ3v) is 12.9. The van der Waals surface area contributed by atoms with E-state index in [1.54, 1.807) is 18.2 Å². The second-order valence-corrected chi connectivity index (χ2v) is 16.0.